The van der Waals surface area contributed by atoms with E-state index in [1.165, 1.54) is 12.0 Å². The summed E-state index contributed by atoms with van der Waals surface area (Å²) in [6.45, 7) is 6.47. The van der Waals surface area contributed by atoms with Crippen LogP contribution in [0.2, 0.25) is 0 Å². The lowest BCUT2D eigenvalue weighted by atomic mass is 9.66. The number of carbonyl (C=O) groups is 1. The smallest absolute Gasteiger partial charge is 0.414 e. The van der Waals surface area contributed by atoms with Crippen molar-refractivity contribution < 1.29 is 9.53 Å². The molecule has 1 aromatic rings. The Hall–Kier alpha value is -1.03. The van der Waals surface area contributed by atoms with Gasteiger partial charge in [-0.3, -0.25) is 4.90 Å². The second-order valence-electron chi connectivity index (χ2n) is 6.86. The van der Waals surface area contributed by atoms with Crippen LogP contribution in [0, 0.1) is 0 Å². The third-order valence-electron chi connectivity index (χ3n) is 4.21. The van der Waals surface area contributed by atoms with Gasteiger partial charge in [-0.2, -0.15) is 0 Å². The highest BCUT2D eigenvalue weighted by molar-refractivity contribution is 9.10. The second-order valence-corrected chi connectivity index (χ2v) is 7.78. The zero-order chi connectivity index (χ0) is 14.5. The average molecular weight is 338 g/mol. The Morgan fingerprint density at radius 2 is 2.05 bits per heavy atom. The van der Waals surface area contributed by atoms with Crippen LogP contribution in [0.15, 0.2) is 22.7 Å². The quantitative estimate of drug-likeness (QED) is 0.690. The van der Waals surface area contributed by atoms with E-state index >= 15 is 0 Å². The van der Waals surface area contributed by atoms with Crippen LogP contribution in [0.25, 0.3) is 0 Å². The van der Waals surface area contributed by atoms with Gasteiger partial charge >= 0.3 is 6.09 Å². The predicted octanol–water partition coefficient (Wildman–Crippen LogP) is 4.63. The number of fused-ring (bicyclic) bond motifs is 2. The van der Waals surface area contributed by atoms with Crippen LogP contribution >= 0.6 is 15.9 Å². The molecule has 3 nitrogen and oxygen atoms in total. The Kier molecular flexibility index (Phi) is 3.12. The van der Waals surface area contributed by atoms with Crippen molar-refractivity contribution in [1.29, 1.82) is 0 Å². The minimum Gasteiger partial charge on any atom is -0.443 e. The minimum atomic E-state index is -0.456. The zero-order valence-corrected chi connectivity index (χ0v) is 13.8. The van der Waals surface area contributed by atoms with Crippen molar-refractivity contribution in [2.24, 2.45) is 0 Å². The first-order chi connectivity index (χ1) is 9.31. The molecule has 4 heteroatoms. The van der Waals surface area contributed by atoms with Crippen LogP contribution in [0.5, 0.6) is 0 Å². The molecule has 1 aliphatic carbocycles. The highest BCUT2D eigenvalue weighted by Crippen LogP contribution is 2.53. The lowest BCUT2D eigenvalue weighted by Gasteiger charge is -2.39. The summed E-state index contributed by atoms with van der Waals surface area (Å²) in [5, 5.41) is 0. The fraction of sp³-hybridized carbons (Fsp3) is 0.562. The highest BCUT2D eigenvalue weighted by Gasteiger charge is 2.49. The van der Waals surface area contributed by atoms with Gasteiger partial charge in [0.2, 0.25) is 0 Å². The van der Waals surface area contributed by atoms with E-state index in [1.807, 2.05) is 37.8 Å². The Morgan fingerprint density at radius 1 is 1.35 bits per heavy atom. The molecule has 1 heterocycles. The van der Waals surface area contributed by atoms with Gasteiger partial charge in [0.15, 0.2) is 0 Å². The Balaban J connectivity index is 1.94. The summed E-state index contributed by atoms with van der Waals surface area (Å²) < 4.78 is 6.62. The third-order valence-corrected chi connectivity index (χ3v) is 4.70. The van der Waals surface area contributed by atoms with Crippen LogP contribution in [0.3, 0.4) is 0 Å². The first-order valence-corrected chi connectivity index (χ1v) is 7.91. The Labute approximate surface area is 128 Å². The van der Waals surface area contributed by atoms with E-state index in [0.717, 1.165) is 29.5 Å². The van der Waals surface area contributed by atoms with Gasteiger partial charge in [0.05, 0.1) is 5.69 Å². The van der Waals surface area contributed by atoms with E-state index in [2.05, 4.69) is 22.0 Å². The van der Waals surface area contributed by atoms with Gasteiger partial charge < -0.3 is 4.74 Å². The number of carbonyl (C=O) groups excluding carboxylic acids is 1. The van der Waals surface area contributed by atoms with Crippen molar-refractivity contribution in [3.05, 3.63) is 28.2 Å². The van der Waals surface area contributed by atoms with E-state index in [9.17, 15) is 4.79 Å². The number of halogens is 1. The number of amides is 1. The first kappa shape index (κ1) is 13.9. The van der Waals surface area contributed by atoms with Crippen molar-refractivity contribution in [3.8, 4) is 0 Å². The van der Waals surface area contributed by atoms with Crippen molar-refractivity contribution in [2.75, 3.05) is 11.4 Å². The highest BCUT2D eigenvalue weighted by atomic mass is 79.9. The maximum absolute atomic E-state index is 12.4. The van der Waals surface area contributed by atoms with Gasteiger partial charge in [-0.25, -0.2) is 4.79 Å². The number of anilines is 1. The molecule has 0 N–H and O–H groups in total. The average Bonchev–Trinajstić information content (AvgIpc) is 2.60. The first-order valence-electron chi connectivity index (χ1n) is 7.11. The van der Waals surface area contributed by atoms with Crippen LogP contribution in [-0.4, -0.2) is 18.2 Å². The molecule has 20 heavy (non-hydrogen) atoms. The summed E-state index contributed by atoms with van der Waals surface area (Å²) in [5.41, 5.74) is 2.02. The molecule has 0 aromatic heterocycles. The zero-order valence-electron chi connectivity index (χ0n) is 12.2. The molecular weight excluding hydrogens is 318 g/mol. The normalized spacial score (nSPS) is 19.7. The molecule has 0 bridgehead atoms. The number of hydrogen-bond donors (Lipinski definition) is 0. The lowest BCUT2D eigenvalue weighted by molar-refractivity contribution is 0.0571. The number of nitrogens with zero attached hydrogens (tertiary/aromatic N) is 1. The molecule has 1 amide bonds. The van der Waals surface area contributed by atoms with E-state index in [0.29, 0.717) is 0 Å². The van der Waals surface area contributed by atoms with E-state index in [1.54, 1.807) is 0 Å². The molecule has 0 unspecified atom stereocenters. The molecule has 1 fully saturated rings. The summed E-state index contributed by atoms with van der Waals surface area (Å²) >= 11 is 3.54. The summed E-state index contributed by atoms with van der Waals surface area (Å²) in [7, 11) is 0. The predicted molar refractivity (Wildman–Crippen MR) is 83.3 cm³/mol. The van der Waals surface area contributed by atoms with Gasteiger partial charge in [0.1, 0.15) is 5.60 Å². The van der Waals surface area contributed by atoms with Gasteiger partial charge in [-0.05, 0) is 57.4 Å². The van der Waals surface area contributed by atoms with Gasteiger partial charge in [-0.1, -0.05) is 22.4 Å². The van der Waals surface area contributed by atoms with E-state index in [4.69, 9.17) is 4.74 Å². The molecular formula is C16H20BrNO2. The van der Waals surface area contributed by atoms with Crippen molar-refractivity contribution >= 4 is 27.7 Å². The van der Waals surface area contributed by atoms with Crippen molar-refractivity contribution in [2.45, 2.75) is 51.0 Å². The summed E-state index contributed by atoms with van der Waals surface area (Å²) in [4.78, 5) is 14.2. The monoisotopic (exact) mass is 337 g/mol. The molecule has 1 aromatic carbocycles. The standard InChI is InChI=1S/C16H20BrNO2/c1-15(2,3)20-14(19)18-10-16(7-4-8-16)12-9-11(17)5-6-13(12)18/h5-6,9H,4,7-8,10H2,1-3H3. The maximum atomic E-state index is 12.4. The minimum absolute atomic E-state index is 0.163. The van der Waals surface area contributed by atoms with Crippen LogP contribution in [-0.2, 0) is 10.2 Å². The number of ether oxygens (including phenoxy) is 1. The largest absolute Gasteiger partial charge is 0.443 e. The lowest BCUT2D eigenvalue weighted by Crippen LogP contribution is -2.43. The third kappa shape index (κ3) is 2.24. The van der Waals surface area contributed by atoms with Gasteiger partial charge in [-0.15, -0.1) is 0 Å². The van der Waals surface area contributed by atoms with Gasteiger partial charge in [0, 0.05) is 16.4 Å². The molecule has 108 valence electrons. The molecule has 2 aliphatic rings. The van der Waals surface area contributed by atoms with Crippen LogP contribution < -0.4 is 4.90 Å². The molecule has 0 saturated heterocycles. The maximum Gasteiger partial charge on any atom is 0.414 e. The fourth-order valence-corrected chi connectivity index (χ4v) is 3.51. The summed E-state index contributed by atoms with van der Waals surface area (Å²) in [6, 6.07) is 6.18. The summed E-state index contributed by atoms with van der Waals surface area (Å²) in [6.07, 6.45) is 3.34. The fourth-order valence-electron chi connectivity index (χ4n) is 3.15. The van der Waals surface area contributed by atoms with Gasteiger partial charge in [0.25, 0.3) is 0 Å². The topological polar surface area (TPSA) is 29.5 Å². The van der Waals surface area contributed by atoms with E-state index < -0.39 is 5.60 Å². The summed E-state index contributed by atoms with van der Waals surface area (Å²) in [5.74, 6) is 0. The number of hydrogen-bond acceptors (Lipinski definition) is 2. The molecule has 0 atom stereocenters. The Bertz CT molecular complexity index is 558. The Morgan fingerprint density at radius 3 is 2.60 bits per heavy atom. The SMILES string of the molecule is CC(C)(C)OC(=O)N1CC2(CCC2)c2cc(Br)ccc21. The number of rotatable bonds is 0. The molecule has 3 rings (SSSR count). The van der Waals surface area contributed by atoms with E-state index in [-0.39, 0.29) is 11.5 Å². The number of benzene rings is 1. The van der Waals surface area contributed by atoms with Crippen molar-refractivity contribution in [3.63, 3.8) is 0 Å². The van der Waals surface area contributed by atoms with Crippen molar-refractivity contribution in [1.82, 2.24) is 0 Å². The molecule has 0 radical (unpaired) electrons. The molecule has 1 aliphatic heterocycles. The molecule has 1 spiro atoms. The van der Waals surface area contributed by atoms with Crippen LogP contribution in [0.4, 0.5) is 10.5 Å². The second kappa shape index (κ2) is 4.48. The molecule has 1 saturated carbocycles. The van der Waals surface area contributed by atoms with Crippen LogP contribution in [0.1, 0.15) is 45.6 Å².